The molecule has 2 aromatic heterocycles. The summed E-state index contributed by atoms with van der Waals surface area (Å²) in [5.74, 6) is 1.02. The molecule has 1 saturated heterocycles. The van der Waals surface area contributed by atoms with Crippen molar-refractivity contribution in [3.63, 3.8) is 0 Å². The lowest BCUT2D eigenvalue weighted by Gasteiger charge is -2.35. The number of nitrogens with zero attached hydrogens (tertiary/aromatic N) is 3. The number of likely N-dealkylation sites (tertiary alicyclic amines) is 1. The van der Waals surface area contributed by atoms with Crippen LogP contribution in [0.4, 0.5) is 10.6 Å². The molecule has 210 valence electrons. The van der Waals surface area contributed by atoms with E-state index in [1.165, 1.54) is 0 Å². The molecule has 9 heteroatoms. The summed E-state index contributed by atoms with van der Waals surface area (Å²) in [5, 5.41) is 9.09. The highest BCUT2D eigenvalue weighted by Crippen LogP contribution is 2.35. The van der Waals surface area contributed by atoms with Gasteiger partial charge in [-0.15, -0.1) is 0 Å². The van der Waals surface area contributed by atoms with Gasteiger partial charge >= 0.3 is 6.09 Å². The second-order valence-corrected chi connectivity index (χ2v) is 12.2. The van der Waals surface area contributed by atoms with Crippen molar-refractivity contribution >= 4 is 40.4 Å². The normalized spacial score (nSPS) is 17.4. The van der Waals surface area contributed by atoms with E-state index < -0.39 is 11.1 Å². The van der Waals surface area contributed by atoms with Crippen LogP contribution < -0.4 is 5.32 Å². The van der Waals surface area contributed by atoms with E-state index in [9.17, 15) is 9.59 Å². The van der Waals surface area contributed by atoms with Gasteiger partial charge in [0.15, 0.2) is 5.82 Å². The van der Waals surface area contributed by atoms with Gasteiger partial charge in [-0.2, -0.15) is 5.10 Å². The number of rotatable bonds is 6. The average molecular weight is 563 g/mol. The SMILES string of the molecule is Cc1cc(NC(=O)C[C@]2(C)CCCN2C(=O)OC(C)(C)C)nn1Cc1cc(Cl)cc2cc(-c3ccccc3)oc12. The van der Waals surface area contributed by atoms with E-state index in [0.717, 1.165) is 46.4 Å². The smallest absolute Gasteiger partial charge is 0.410 e. The van der Waals surface area contributed by atoms with Gasteiger partial charge in [-0.1, -0.05) is 41.9 Å². The fraction of sp³-hybridized carbons (Fsp3) is 0.387. The maximum absolute atomic E-state index is 13.1. The van der Waals surface area contributed by atoms with Crippen molar-refractivity contribution in [2.24, 2.45) is 0 Å². The third kappa shape index (κ3) is 6.02. The molecule has 3 heterocycles. The number of hydrogen-bond acceptors (Lipinski definition) is 5. The third-order valence-electron chi connectivity index (χ3n) is 7.19. The van der Waals surface area contributed by atoms with Gasteiger partial charge < -0.3 is 19.4 Å². The number of ether oxygens (including phenoxy) is 1. The summed E-state index contributed by atoms with van der Waals surface area (Å²) < 4.78 is 13.7. The second kappa shape index (κ2) is 10.7. The van der Waals surface area contributed by atoms with Crippen molar-refractivity contribution in [2.45, 2.75) is 71.6 Å². The van der Waals surface area contributed by atoms with E-state index in [2.05, 4.69) is 10.4 Å². The first-order chi connectivity index (χ1) is 18.9. The number of halogens is 1. The molecular weight excluding hydrogens is 528 g/mol. The van der Waals surface area contributed by atoms with E-state index in [1.54, 1.807) is 4.90 Å². The lowest BCUT2D eigenvalue weighted by Crippen LogP contribution is -2.49. The maximum Gasteiger partial charge on any atom is 0.410 e. The van der Waals surface area contributed by atoms with Crippen LogP contribution in [-0.2, 0) is 16.1 Å². The van der Waals surface area contributed by atoms with Crippen LogP contribution in [0.25, 0.3) is 22.3 Å². The summed E-state index contributed by atoms with van der Waals surface area (Å²) >= 11 is 6.46. The average Bonchev–Trinajstić information content (AvgIpc) is 3.55. The second-order valence-electron chi connectivity index (χ2n) is 11.7. The van der Waals surface area contributed by atoms with Gasteiger partial charge in [-0.05, 0) is 65.7 Å². The van der Waals surface area contributed by atoms with Crippen LogP contribution in [0.2, 0.25) is 5.02 Å². The molecule has 2 amide bonds. The molecule has 0 saturated carbocycles. The molecule has 1 atom stereocenters. The van der Waals surface area contributed by atoms with Crippen LogP contribution in [0.15, 0.2) is 59.0 Å². The highest BCUT2D eigenvalue weighted by atomic mass is 35.5. The first-order valence-electron chi connectivity index (χ1n) is 13.5. The summed E-state index contributed by atoms with van der Waals surface area (Å²) in [6, 6.07) is 17.5. The van der Waals surface area contributed by atoms with Gasteiger partial charge in [0.1, 0.15) is 16.9 Å². The van der Waals surface area contributed by atoms with E-state index in [1.807, 2.05) is 93.9 Å². The number of anilines is 1. The molecule has 40 heavy (non-hydrogen) atoms. The maximum atomic E-state index is 13.1. The van der Waals surface area contributed by atoms with E-state index >= 15 is 0 Å². The molecular formula is C31H35ClN4O4. The van der Waals surface area contributed by atoms with Gasteiger partial charge in [0.05, 0.1) is 18.5 Å². The Hall–Kier alpha value is -3.78. The molecule has 5 rings (SSSR count). The molecule has 0 bridgehead atoms. The number of amides is 2. The molecule has 4 aromatic rings. The number of furan rings is 1. The molecule has 0 radical (unpaired) electrons. The summed E-state index contributed by atoms with van der Waals surface area (Å²) in [5.41, 5.74) is 2.29. The topological polar surface area (TPSA) is 89.6 Å². The van der Waals surface area contributed by atoms with Gasteiger partial charge in [0.25, 0.3) is 0 Å². The zero-order valence-electron chi connectivity index (χ0n) is 23.6. The molecule has 0 spiro atoms. The van der Waals surface area contributed by atoms with Crippen molar-refractivity contribution < 1.29 is 18.7 Å². The summed E-state index contributed by atoms with van der Waals surface area (Å²) in [7, 11) is 0. The molecule has 1 aliphatic rings. The summed E-state index contributed by atoms with van der Waals surface area (Å²) in [4.78, 5) is 27.5. The van der Waals surface area contributed by atoms with Gasteiger partial charge in [0, 0.05) is 39.8 Å². The highest BCUT2D eigenvalue weighted by molar-refractivity contribution is 6.31. The van der Waals surface area contributed by atoms with Crippen LogP contribution in [-0.4, -0.2) is 44.4 Å². The quantitative estimate of drug-likeness (QED) is 0.264. The number of benzene rings is 2. The number of nitrogens with one attached hydrogen (secondary N) is 1. The Bertz CT molecular complexity index is 1550. The Kier molecular flexibility index (Phi) is 7.40. The molecule has 1 aliphatic heterocycles. The minimum atomic E-state index is -0.619. The predicted molar refractivity (Wildman–Crippen MR) is 157 cm³/mol. The Morgan fingerprint density at radius 3 is 2.62 bits per heavy atom. The van der Waals surface area contributed by atoms with Crippen LogP contribution in [0.5, 0.6) is 0 Å². The van der Waals surface area contributed by atoms with Gasteiger partial charge in [-0.25, -0.2) is 4.79 Å². The Labute approximate surface area is 239 Å². The minimum absolute atomic E-state index is 0.154. The largest absolute Gasteiger partial charge is 0.456 e. The zero-order valence-corrected chi connectivity index (χ0v) is 24.3. The number of carbonyl (C=O) groups excluding carboxylic acids is 2. The lowest BCUT2D eigenvalue weighted by atomic mass is 9.94. The Morgan fingerprint density at radius 2 is 1.90 bits per heavy atom. The van der Waals surface area contributed by atoms with Crippen molar-refractivity contribution in [3.05, 3.63) is 70.9 Å². The molecule has 0 aliphatic carbocycles. The van der Waals surface area contributed by atoms with Crippen molar-refractivity contribution in [2.75, 3.05) is 11.9 Å². The summed E-state index contributed by atoms with van der Waals surface area (Å²) in [6.07, 6.45) is 1.32. The fourth-order valence-corrected chi connectivity index (χ4v) is 5.56. The number of fused-ring (bicyclic) bond motifs is 1. The standard InChI is InChI=1S/C31H35ClN4O4/c1-20-14-26(33-27(37)18-31(5)12-9-13-35(31)29(38)40-30(2,3)4)34-36(20)19-23-16-24(32)15-22-17-25(39-28(22)23)21-10-7-6-8-11-21/h6-8,10-11,14-17H,9,12-13,18-19H2,1-5H3,(H,33,34,37)/t31-/m0/s1. The van der Waals surface area contributed by atoms with Crippen molar-refractivity contribution in [3.8, 4) is 11.3 Å². The molecule has 8 nitrogen and oxygen atoms in total. The minimum Gasteiger partial charge on any atom is -0.456 e. The Balaban J connectivity index is 1.31. The highest BCUT2D eigenvalue weighted by Gasteiger charge is 2.43. The van der Waals surface area contributed by atoms with E-state index in [0.29, 0.717) is 23.9 Å². The number of aryl methyl sites for hydroxylation is 1. The van der Waals surface area contributed by atoms with Gasteiger partial charge in [-0.3, -0.25) is 9.48 Å². The Morgan fingerprint density at radius 1 is 1.15 bits per heavy atom. The van der Waals surface area contributed by atoms with Crippen LogP contribution in [0, 0.1) is 6.92 Å². The van der Waals surface area contributed by atoms with E-state index in [-0.39, 0.29) is 18.4 Å². The van der Waals surface area contributed by atoms with Crippen molar-refractivity contribution in [1.29, 1.82) is 0 Å². The first-order valence-corrected chi connectivity index (χ1v) is 13.9. The fourth-order valence-electron chi connectivity index (χ4n) is 5.31. The lowest BCUT2D eigenvalue weighted by molar-refractivity contribution is -0.118. The zero-order chi connectivity index (χ0) is 28.7. The van der Waals surface area contributed by atoms with Crippen LogP contribution >= 0.6 is 11.6 Å². The molecule has 2 aromatic carbocycles. The molecule has 0 unspecified atom stereocenters. The third-order valence-corrected chi connectivity index (χ3v) is 7.41. The van der Waals surface area contributed by atoms with Crippen LogP contribution in [0.3, 0.4) is 0 Å². The number of aromatic nitrogens is 2. The monoisotopic (exact) mass is 562 g/mol. The summed E-state index contributed by atoms with van der Waals surface area (Å²) in [6.45, 7) is 10.4. The van der Waals surface area contributed by atoms with Crippen LogP contribution in [0.1, 0.15) is 58.2 Å². The predicted octanol–water partition coefficient (Wildman–Crippen LogP) is 7.42. The van der Waals surface area contributed by atoms with E-state index in [4.69, 9.17) is 20.8 Å². The van der Waals surface area contributed by atoms with Crippen molar-refractivity contribution in [1.82, 2.24) is 14.7 Å². The number of carbonyl (C=O) groups is 2. The molecule has 1 N–H and O–H groups in total. The first kappa shape index (κ1) is 27.8. The van der Waals surface area contributed by atoms with Gasteiger partial charge in [0.2, 0.25) is 5.91 Å². The molecule has 1 fully saturated rings. The number of hydrogen-bond donors (Lipinski definition) is 1.